The number of hydrogen-bond donors (Lipinski definition) is 2. The summed E-state index contributed by atoms with van der Waals surface area (Å²) < 4.78 is 26.1. The highest BCUT2D eigenvalue weighted by molar-refractivity contribution is 7.89. The van der Waals surface area contributed by atoms with Crippen molar-refractivity contribution in [3.63, 3.8) is 0 Å². The Morgan fingerprint density at radius 3 is 2.75 bits per heavy atom. The van der Waals surface area contributed by atoms with E-state index in [-0.39, 0.29) is 35.2 Å². The number of rotatable bonds is 3. The van der Waals surface area contributed by atoms with Crippen LogP contribution in [0.25, 0.3) is 0 Å². The summed E-state index contributed by atoms with van der Waals surface area (Å²) in [6.07, 6.45) is 4.32. The molecule has 2 unspecified atom stereocenters. The molecule has 6 nitrogen and oxygen atoms in total. The monoisotopic (exact) mass is 373 g/mol. The largest absolute Gasteiger partial charge is 0.328 e. The lowest BCUT2D eigenvalue weighted by molar-refractivity contribution is -0.123. The molecule has 1 aromatic rings. The number of nitrogens with two attached hydrogens (primary N) is 1. The van der Waals surface area contributed by atoms with Crippen LogP contribution in [0.1, 0.15) is 31.2 Å². The van der Waals surface area contributed by atoms with E-state index < -0.39 is 10.0 Å². The van der Waals surface area contributed by atoms with Gasteiger partial charge in [-0.3, -0.25) is 4.79 Å². The predicted octanol–water partition coefficient (Wildman–Crippen LogP) is 1.42. The zero-order valence-electron chi connectivity index (χ0n) is 13.7. The fraction of sp³-hybridized carbons (Fsp3) is 0.562. The van der Waals surface area contributed by atoms with Crippen molar-refractivity contribution in [3.05, 3.63) is 23.8 Å². The Morgan fingerprint density at radius 1 is 1.33 bits per heavy atom. The second-order valence-corrected chi connectivity index (χ2v) is 8.25. The molecule has 24 heavy (non-hydrogen) atoms. The summed E-state index contributed by atoms with van der Waals surface area (Å²) in [6.45, 7) is 0.614. The highest BCUT2D eigenvalue weighted by Crippen LogP contribution is 2.33. The van der Waals surface area contributed by atoms with E-state index in [4.69, 9.17) is 5.73 Å². The van der Waals surface area contributed by atoms with Crippen molar-refractivity contribution in [3.8, 4) is 0 Å². The van der Waals surface area contributed by atoms with Crippen molar-refractivity contribution in [1.82, 2.24) is 4.72 Å². The second kappa shape index (κ2) is 7.39. The van der Waals surface area contributed by atoms with Gasteiger partial charge < -0.3 is 10.6 Å². The molecule has 0 saturated heterocycles. The van der Waals surface area contributed by atoms with E-state index in [2.05, 4.69) is 4.72 Å². The topological polar surface area (TPSA) is 92.5 Å². The number of nitrogens with one attached hydrogen (secondary N) is 1. The van der Waals surface area contributed by atoms with Gasteiger partial charge in [-0.1, -0.05) is 6.42 Å². The third-order valence-corrected chi connectivity index (χ3v) is 6.27. The van der Waals surface area contributed by atoms with Crippen molar-refractivity contribution in [2.24, 2.45) is 11.7 Å². The van der Waals surface area contributed by atoms with E-state index in [0.29, 0.717) is 13.0 Å². The molecule has 1 saturated carbocycles. The van der Waals surface area contributed by atoms with Crippen LogP contribution < -0.4 is 15.4 Å². The van der Waals surface area contributed by atoms with Crippen LogP contribution in [0.4, 0.5) is 5.69 Å². The van der Waals surface area contributed by atoms with Gasteiger partial charge in [0.1, 0.15) is 0 Å². The molecule has 1 aliphatic carbocycles. The number of sulfonamides is 1. The lowest BCUT2D eigenvalue weighted by Gasteiger charge is -2.29. The van der Waals surface area contributed by atoms with Gasteiger partial charge in [0, 0.05) is 24.2 Å². The molecule has 0 bridgehead atoms. The van der Waals surface area contributed by atoms with Gasteiger partial charge >= 0.3 is 0 Å². The molecule has 1 aromatic carbocycles. The van der Waals surface area contributed by atoms with Crippen LogP contribution >= 0.6 is 12.4 Å². The Morgan fingerprint density at radius 2 is 2.08 bits per heavy atom. The molecule has 1 aliphatic heterocycles. The Bertz CT molecular complexity index is 723. The summed E-state index contributed by atoms with van der Waals surface area (Å²) in [6, 6.07) is 5.08. The minimum absolute atomic E-state index is 0. The number of fused-ring (bicyclic) bond motifs is 1. The summed E-state index contributed by atoms with van der Waals surface area (Å²) in [5.41, 5.74) is 7.74. The summed E-state index contributed by atoms with van der Waals surface area (Å²) >= 11 is 0. The van der Waals surface area contributed by atoms with Crippen molar-refractivity contribution >= 4 is 34.0 Å². The van der Waals surface area contributed by atoms with E-state index in [0.717, 1.165) is 36.9 Å². The van der Waals surface area contributed by atoms with Crippen LogP contribution in [-0.2, 0) is 21.2 Å². The lowest BCUT2D eigenvalue weighted by atomic mass is 9.85. The fourth-order valence-electron chi connectivity index (χ4n) is 3.56. The SMILES string of the molecule is CNS(=O)(=O)c1ccc2c(c1)CCN2C(=O)C1CCCC(N)C1.Cl. The predicted molar refractivity (Wildman–Crippen MR) is 95.9 cm³/mol. The van der Waals surface area contributed by atoms with Gasteiger partial charge in [0.25, 0.3) is 0 Å². The normalized spacial score (nSPS) is 23.5. The van der Waals surface area contributed by atoms with Crippen LogP contribution in [0, 0.1) is 5.92 Å². The summed E-state index contributed by atoms with van der Waals surface area (Å²) in [7, 11) is -2.06. The van der Waals surface area contributed by atoms with Gasteiger partial charge in [0.05, 0.1) is 4.90 Å². The van der Waals surface area contributed by atoms with Crippen molar-refractivity contribution in [1.29, 1.82) is 0 Å². The molecule has 0 aromatic heterocycles. The first-order chi connectivity index (χ1) is 10.9. The summed E-state index contributed by atoms with van der Waals surface area (Å²) in [5.74, 6) is 0.119. The average molecular weight is 374 g/mol. The van der Waals surface area contributed by atoms with Crippen LogP contribution in [0.5, 0.6) is 0 Å². The van der Waals surface area contributed by atoms with E-state index in [1.165, 1.54) is 7.05 Å². The zero-order valence-corrected chi connectivity index (χ0v) is 15.3. The van der Waals surface area contributed by atoms with Gasteiger partial charge in [0.15, 0.2) is 0 Å². The summed E-state index contributed by atoms with van der Waals surface area (Å²) in [5, 5.41) is 0. The Hall–Kier alpha value is -1.15. The van der Waals surface area contributed by atoms with Crippen LogP contribution in [0.3, 0.4) is 0 Å². The molecule has 1 heterocycles. The Labute approximate surface area is 149 Å². The highest BCUT2D eigenvalue weighted by atomic mass is 35.5. The minimum Gasteiger partial charge on any atom is -0.328 e. The maximum atomic E-state index is 12.8. The molecule has 8 heteroatoms. The van der Waals surface area contributed by atoms with E-state index in [9.17, 15) is 13.2 Å². The molecule has 1 fully saturated rings. The molecule has 3 N–H and O–H groups in total. The molecule has 0 spiro atoms. The van der Waals surface area contributed by atoms with Crippen LogP contribution in [0.15, 0.2) is 23.1 Å². The summed E-state index contributed by atoms with van der Waals surface area (Å²) in [4.78, 5) is 14.8. The molecular weight excluding hydrogens is 350 g/mol. The quantitative estimate of drug-likeness (QED) is 0.838. The van der Waals surface area contributed by atoms with Crippen LogP contribution in [-0.4, -0.2) is 34.0 Å². The van der Waals surface area contributed by atoms with Gasteiger partial charge in [-0.05, 0) is 56.5 Å². The van der Waals surface area contributed by atoms with Crippen molar-refractivity contribution in [2.45, 2.75) is 43.0 Å². The van der Waals surface area contributed by atoms with Crippen LogP contribution in [0.2, 0.25) is 0 Å². The zero-order chi connectivity index (χ0) is 16.6. The average Bonchev–Trinajstić information content (AvgIpc) is 2.97. The van der Waals surface area contributed by atoms with Gasteiger partial charge in [-0.15, -0.1) is 12.4 Å². The number of benzene rings is 1. The fourth-order valence-corrected chi connectivity index (χ4v) is 4.34. The lowest BCUT2D eigenvalue weighted by Crippen LogP contribution is -2.40. The first-order valence-corrected chi connectivity index (χ1v) is 9.54. The van der Waals surface area contributed by atoms with Gasteiger partial charge in [-0.25, -0.2) is 13.1 Å². The molecule has 2 atom stereocenters. The first-order valence-electron chi connectivity index (χ1n) is 8.06. The van der Waals surface area contributed by atoms with Gasteiger partial charge in [-0.2, -0.15) is 0 Å². The number of hydrogen-bond acceptors (Lipinski definition) is 4. The maximum absolute atomic E-state index is 12.8. The number of halogens is 1. The molecule has 134 valence electrons. The third-order valence-electron chi connectivity index (χ3n) is 4.86. The van der Waals surface area contributed by atoms with Crippen molar-refractivity contribution < 1.29 is 13.2 Å². The third kappa shape index (κ3) is 3.59. The Kier molecular flexibility index (Phi) is 5.91. The first kappa shape index (κ1) is 19.2. The molecule has 0 radical (unpaired) electrons. The highest BCUT2D eigenvalue weighted by Gasteiger charge is 2.33. The number of anilines is 1. The second-order valence-electron chi connectivity index (χ2n) is 6.36. The minimum atomic E-state index is -3.46. The van der Waals surface area contributed by atoms with E-state index in [1.54, 1.807) is 23.1 Å². The molecule has 3 rings (SSSR count). The molecular formula is C16H24ClN3O3S. The smallest absolute Gasteiger partial charge is 0.240 e. The number of nitrogens with zero attached hydrogens (tertiary/aromatic N) is 1. The molecule has 1 amide bonds. The van der Waals surface area contributed by atoms with E-state index >= 15 is 0 Å². The van der Waals surface area contributed by atoms with Gasteiger partial charge in [0.2, 0.25) is 15.9 Å². The molecule has 2 aliphatic rings. The number of carbonyl (C=O) groups excluding carboxylic acids is 1. The van der Waals surface area contributed by atoms with Crippen molar-refractivity contribution in [2.75, 3.05) is 18.5 Å². The maximum Gasteiger partial charge on any atom is 0.240 e. The Balaban J connectivity index is 0.00000208. The van der Waals surface area contributed by atoms with E-state index in [1.807, 2.05) is 0 Å². The number of amides is 1. The number of carbonyl (C=O) groups is 1. The standard InChI is InChI=1S/C16H23N3O3S.ClH/c1-18-23(21,22)14-5-6-15-11(10-14)7-8-19(15)16(20)12-3-2-4-13(17)9-12;/h5-6,10,12-13,18H,2-4,7-9,17H2,1H3;1H.